The summed E-state index contributed by atoms with van der Waals surface area (Å²) >= 11 is 0. The highest BCUT2D eigenvalue weighted by Gasteiger charge is 2.33. The molecule has 96 valence electrons. The Morgan fingerprint density at radius 3 is 3.00 bits per heavy atom. The number of furan rings is 1. The van der Waals surface area contributed by atoms with Gasteiger partial charge in [0, 0.05) is 26.2 Å². The molecule has 2 rings (SSSR count). The van der Waals surface area contributed by atoms with Gasteiger partial charge >= 0.3 is 0 Å². The van der Waals surface area contributed by atoms with E-state index >= 15 is 0 Å². The van der Waals surface area contributed by atoms with E-state index in [9.17, 15) is 0 Å². The van der Waals surface area contributed by atoms with Crippen molar-refractivity contribution in [3.63, 3.8) is 0 Å². The molecule has 0 aromatic carbocycles. The predicted molar refractivity (Wildman–Crippen MR) is 66.7 cm³/mol. The van der Waals surface area contributed by atoms with Crippen LogP contribution in [0.15, 0.2) is 22.8 Å². The summed E-state index contributed by atoms with van der Waals surface area (Å²) in [5, 5.41) is 0. The van der Waals surface area contributed by atoms with Crippen LogP contribution in [0.5, 0.6) is 0 Å². The number of ether oxygens (including phenoxy) is 1. The highest BCUT2D eigenvalue weighted by Crippen LogP contribution is 2.29. The van der Waals surface area contributed by atoms with Crippen molar-refractivity contribution in [2.75, 3.05) is 20.2 Å². The standard InChI is InChI=1S/C13H22N2O2/c1-3-11(14)13(12-5-4-8-17-12)15-7-6-10(9-15)16-2/h4-5,8,10-11,13H,3,6-7,9,14H2,1-2H3. The number of methoxy groups -OCH3 is 1. The Kier molecular flexibility index (Phi) is 4.20. The summed E-state index contributed by atoms with van der Waals surface area (Å²) in [5.41, 5.74) is 6.23. The van der Waals surface area contributed by atoms with E-state index in [4.69, 9.17) is 14.9 Å². The molecule has 1 aromatic rings. The summed E-state index contributed by atoms with van der Waals surface area (Å²) in [7, 11) is 1.77. The van der Waals surface area contributed by atoms with Gasteiger partial charge in [-0.1, -0.05) is 6.92 Å². The summed E-state index contributed by atoms with van der Waals surface area (Å²) in [6.07, 6.45) is 4.06. The monoisotopic (exact) mass is 238 g/mol. The van der Waals surface area contributed by atoms with Crippen molar-refractivity contribution >= 4 is 0 Å². The molecule has 1 saturated heterocycles. The number of nitrogens with two attached hydrogens (primary N) is 1. The van der Waals surface area contributed by atoms with Crippen molar-refractivity contribution in [2.45, 2.75) is 38.0 Å². The lowest BCUT2D eigenvalue weighted by Gasteiger charge is -2.30. The molecule has 1 aliphatic heterocycles. The fraction of sp³-hybridized carbons (Fsp3) is 0.692. The van der Waals surface area contributed by atoms with Crippen LogP contribution in [-0.4, -0.2) is 37.2 Å². The van der Waals surface area contributed by atoms with Crippen LogP contribution in [0.25, 0.3) is 0 Å². The van der Waals surface area contributed by atoms with Crippen molar-refractivity contribution in [3.8, 4) is 0 Å². The topological polar surface area (TPSA) is 51.6 Å². The van der Waals surface area contributed by atoms with Crippen molar-refractivity contribution in [1.29, 1.82) is 0 Å². The quantitative estimate of drug-likeness (QED) is 0.849. The molecule has 3 atom stereocenters. The van der Waals surface area contributed by atoms with Crippen molar-refractivity contribution in [1.82, 2.24) is 4.90 Å². The van der Waals surface area contributed by atoms with Gasteiger partial charge in [0.2, 0.25) is 0 Å². The smallest absolute Gasteiger partial charge is 0.122 e. The fourth-order valence-corrected chi connectivity index (χ4v) is 2.54. The van der Waals surface area contributed by atoms with Crippen molar-refractivity contribution < 1.29 is 9.15 Å². The molecular weight excluding hydrogens is 216 g/mol. The van der Waals surface area contributed by atoms with Gasteiger partial charge in [-0.05, 0) is 25.0 Å². The molecule has 17 heavy (non-hydrogen) atoms. The van der Waals surface area contributed by atoms with Crippen LogP contribution in [0.2, 0.25) is 0 Å². The van der Waals surface area contributed by atoms with Gasteiger partial charge in [0.15, 0.2) is 0 Å². The van der Waals surface area contributed by atoms with E-state index in [2.05, 4.69) is 11.8 Å². The van der Waals surface area contributed by atoms with E-state index in [1.807, 2.05) is 12.1 Å². The lowest BCUT2D eigenvalue weighted by atomic mass is 10.0. The third kappa shape index (κ3) is 2.70. The molecule has 0 saturated carbocycles. The first kappa shape index (κ1) is 12.6. The van der Waals surface area contributed by atoms with Crippen LogP contribution in [0.1, 0.15) is 31.6 Å². The van der Waals surface area contributed by atoms with Crippen LogP contribution < -0.4 is 5.73 Å². The molecule has 0 bridgehead atoms. The van der Waals surface area contributed by atoms with Crippen LogP contribution in [-0.2, 0) is 4.74 Å². The Morgan fingerprint density at radius 2 is 2.47 bits per heavy atom. The zero-order valence-electron chi connectivity index (χ0n) is 10.6. The molecular formula is C13H22N2O2. The number of likely N-dealkylation sites (tertiary alicyclic amines) is 1. The molecule has 1 fully saturated rings. The molecule has 0 amide bonds. The van der Waals surface area contributed by atoms with Gasteiger partial charge in [-0.2, -0.15) is 0 Å². The average molecular weight is 238 g/mol. The van der Waals surface area contributed by atoms with Gasteiger partial charge in [-0.3, -0.25) is 4.90 Å². The van der Waals surface area contributed by atoms with Crippen LogP contribution >= 0.6 is 0 Å². The van der Waals surface area contributed by atoms with E-state index in [-0.39, 0.29) is 12.1 Å². The van der Waals surface area contributed by atoms with Crippen LogP contribution in [0.4, 0.5) is 0 Å². The minimum absolute atomic E-state index is 0.108. The lowest BCUT2D eigenvalue weighted by molar-refractivity contribution is 0.0934. The van der Waals surface area contributed by atoms with E-state index < -0.39 is 0 Å². The van der Waals surface area contributed by atoms with Gasteiger partial charge in [-0.25, -0.2) is 0 Å². The van der Waals surface area contributed by atoms with E-state index in [1.54, 1.807) is 13.4 Å². The van der Waals surface area contributed by atoms with E-state index in [1.165, 1.54) is 0 Å². The molecule has 4 nitrogen and oxygen atoms in total. The predicted octanol–water partition coefficient (Wildman–Crippen LogP) is 1.78. The minimum Gasteiger partial charge on any atom is -0.468 e. The first-order valence-electron chi connectivity index (χ1n) is 6.32. The number of nitrogens with zero attached hydrogens (tertiary/aromatic N) is 1. The van der Waals surface area contributed by atoms with Gasteiger partial charge < -0.3 is 14.9 Å². The van der Waals surface area contributed by atoms with Gasteiger partial charge in [0.1, 0.15) is 5.76 Å². The van der Waals surface area contributed by atoms with Gasteiger partial charge in [-0.15, -0.1) is 0 Å². The Bertz CT molecular complexity index is 326. The molecule has 0 radical (unpaired) electrons. The molecule has 0 aliphatic carbocycles. The second kappa shape index (κ2) is 5.67. The summed E-state index contributed by atoms with van der Waals surface area (Å²) < 4.78 is 10.9. The molecule has 2 heterocycles. The largest absolute Gasteiger partial charge is 0.468 e. The molecule has 1 aromatic heterocycles. The third-order valence-corrected chi connectivity index (χ3v) is 3.61. The van der Waals surface area contributed by atoms with Gasteiger partial charge in [0.25, 0.3) is 0 Å². The summed E-state index contributed by atoms with van der Waals surface area (Å²) in [5.74, 6) is 0.969. The van der Waals surface area contributed by atoms with Gasteiger partial charge in [0.05, 0.1) is 18.4 Å². The fourth-order valence-electron chi connectivity index (χ4n) is 2.54. The Balaban J connectivity index is 2.11. The number of hydrogen-bond acceptors (Lipinski definition) is 4. The molecule has 1 aliphatic rings. The Morgan fingerprint density at radius 1 is 1.65 bits per heavy atom. The second-order valence-corrected chi connectivity index (χ2v) is 4.67. The molecule has 2 N–H and O–H groups in total. The maximum absolute atomic E-state index is 6.23. The minimum atomic E-state index is 0.108. The summed E-state index contributed by atoms with van der Waals surface area (Å²) in [6, 6.07) is 4.22. The summed E-state index contributed by atoms with van der Waals surface area (Å²) in [4.78, 5) is 2.38. The Labute approximate surface area is 103 Å². The van der Waals surface area contributed by atoms with E-state index in [0.717, 1.165) is 31.7 Å². The highest BCUT2D eigenvalue weighted by atomic mass is 16.5. The SMILES string of the molecule is CCC(N)C(c1ccco1)N1CCC(OC)C1. The molecule has 4 heteroatoms. The van der Waals surface area contributed by atoms with Crippen molar-refractivity contribution in [2.24, 2.45) is 5.73 Å². The first-order valence-corrected chi connectivity index (χ1v) is 6.32. The maximum atomic E-state index is 6.23. The Hall–Kier alpha value is -0.840. The average Bonchev–Trinajstić information content (AvgIpc) is 3.00. The summed E-state index contributed by atoms with van der Waals surface area (Å²) in [6.45, 7) is 4.08. The number of hydrogen-bond donors (Lipinski definition) is 1. The molecule has 3 unspecified atom stereocenters. The first-order chi connectivity index (χ1) is 8.26. The highest BCUT2D eigenvalue weighted by molar-refractivity contribution is 5.08. The van der Waals surface area contributed by atoms with Crippen LogP contribution in [0, 0.1) is 0 Å². The van der Waals surface area contributed by atoms with Crippen LogP contribution in [0.3, 0.4) is 0 Å². The zero-order valence-corrected chi connectivity index (χ0v) is 10.6. The van der Waals surface area contributed by atoms with Crippen molar-refractivity contribution in [3.05, 3.63) is 24.2 Å². The number of rotatable bonds is 5. The zero-order chi connectivity index (χ0) is 12.3. The second-order valence-electron chi connectivity index (χ2n) is 4.67. The molecule has 0 spiro atoms. The normalized spacial score (nSPS) is 25.0. The maximum Gasteiger partial charge on any atom is 0.122 e. The van der Waals surface area contributed by atoms with E-state index in [0.29, 0.717) is 6.10 Å². The lowest BCUT2D eigenvalue weighted by Crippen LogP contribution is -2.40. The third-order valence-electron chi connectivity index (χ3n) is 3.61.